The number of fused-ring (bicyclic) bond motifs is 2. The second-order valence-corrected chi connectivity index (χ2v) is 12.3. The minimum Gasteiger partial charge on any atom is -0.494 e. The first-order chi connectivity index (χ1) is 21.9. The largest absolute Gasteiger partial charge is 0.494 e. The van der Waals surface area contributed by atoms with E-state index in [2.05, 4.69) is 20.7 Å². The Kier molecular flexibility index (Phi) is 8.43. The maximum atomic E-state index is 14.9. The summed E-state index contributed by atoms with van der Waals surface area (Å²) in [5, 5.41) is 31.0. The predicted molar refractivity (Wildman–Crippen MR) is 161 cm³/mol. The molecule has 15 heteroatoms. The van der Waals surface area contributed by atoms with E-state index in [1.54, 1.807) is 13.2 Å². The van der Waals surface area contributed by atoms with Crippen molar-refractivity contribution in [3.8, 4) is 22.8 Å². The zero-order valence-corrected chi connectivity index (χ0v) is 26.1. The topological polar surface area (TPSA) is 148 Å². The number of hydrogen-bond donors (Lipinski definition) is 4. The van der Waals surface area contributed by atoms with Crippen LogP contribution in [0.25, 0.3) is 22.2 Å². The van der Waals surface area contributed by atoms with Crippen molar-refractivity contribution in [2.45, 2.75) is 43.6 Å². The molecule has 2 aromatic carbocycles. The number of nitrogens with one attached hydrogen (secondary N) is 2. The van der Waals surface area contributed by atoms with E-state index in [1.807, 2.05) is 0 Å². The Morgan fingerprint density at radius 1 is 1.09 bits per heavy atom. The fourth-order valence-corrected chi connectivity index (χ4v) is 5.23. The minimum atomic E-state index is -5.38. The number of carbonyl (C=O) groups is 2. The van der Waals surface area contributed by atoms with Gasteiger partial charge in [-0.25, -0.2) is 9.37 Å². The lowest BCUT2D eigenvalue weighted by molar-refractivity contribution is -0.265. The third kappa shape index (κ3) is 6.32. The van der Waals surface area contributed by atoms with Crippen molar-refractivity contribution < 1.29 is 46.8 Å². The first-order valence-corrected chi connectivity index (χ1v) is 14.4. The van der Waals surface area contributed by atoms with Crippen molar-refractivity contribution in [2.24, 2.45) is 7.05 Å². The molecule has 0 aliphatic carbocycles. The fourth-order valence-electron chi connectivity index (χ4n) is 5.23. The molecule has 0 saturated heterocycles. The summed E-state index contributed by atoms with van der Waals surface area (Å²) < 4.78 is 71.0. The number of aliphatic hydroxyl groups is 2. The number of rotatable bonds is 9. The van der Waals surface area contributed by atoms with Gasteiger partial charge in [0.15, 0.2) is 0 Å². The number of ether oxygens (including phenoxy) is 2. The van der Waals surface area contributed by atoms with Crippen molar-refractivity contribution in [1.82, 2.24) is 25.4 Å². The van der Waals surface area contributed by atoms with Gasteiger partial charge in [0, 0.05) is 41.9 Å². The quantitative estimate of drug-likeness (QED) is 0.200. The van der Waals surface area contributed by atoms with E-state index in [0.29, 0.717) is 10.9 Å². The van der Waals surface area contributed by atoms with Crippen LogP contribution in [0.4, 0.5) is 17.6 Å². The number of amides is 2. The first kappa shape index (κ1) is 33.6. The number of halogens is 4. The van der Waals surface area contributed by atoms with Gasteiger partial charge < -0.3 is 30.3 Å². The van der Waals surface area contributed by atoms with Gasteiger partial charge in [0.1, 0.15) is 40.5 Å². The molecular weight excluding hydrogens is 626 g/mol. The van der Waals surface area contributed by atoms with Crippen molar-refractivity contribution in [3.63, 3.8) is 0 Å². The lowest BCUT2D eigenvalue weighted by Crippen LogP contribution is -2.52. The van der Waals surface area contributed by atoms with E-state index < -0.39 is 52.7 Å². The third-order valence-corrected chi connectivity index (χ3v) is 7.94. The number of pyridine rings is 1. The highest BCUT2D eigenvalue weighted by atomic mass is 19.4. The number of alkyl halides is 3. The maximum absolute atomic E-state index is 14.9. The number of hydrogen-bond acceptors (Lipinski definition) is 8. The Hall–Kier alpha value is -4.76. The SMILES string of the molecule is COc1cc(C(=O)NC[C@](O)(c2cc3c(c(-c4ccc(F)cc4)n2)OC[C@]3(C)C(=O)NCC(C)(C)O)C(F)(F)F)cc2cn(C)nc12. The van der Waals surface area contributed by atoms with Gasteiger partial charge in [-0.05, 0) is 63.2 Å². The molecule has 11 nitrogen and oxygen atoms in total. The number of nitrogens with zero attached hydrogens (tertiary/aromatic N) is 3. The molecule has 0 saturated carbocycles. The lowest BCUT2D eigenvalue weighted by Gasteiger charge is -2.32. The van der Waals surface area contributed by atoms with Crippen LogP contribution in [-0.2, 0) is 22.9 Å². The minimum absolute atomic E-state index is 0.0316. The average molecular weight is 660 g/mol. The van der Waals surface area contributed by atoms with E-state index in [0.717, 1.165) is 18.2 Å². The van der Waals surface area contributed by atoms with Crippen LogP contribution in [0, 0.1) is 5.82 Å². The van der Waals surface area contributed by atoms with E-state index in [9.17, 15) is 37.4 Å². The second kappa shape index (κ2) is 11.8. The highest BCUT2D eigenvalue weighted by Gasteiger charge is 2.58. The molecule has 47 heavy (non-hydrogen) atoms. The van der Waals surface area contributed by atoms with Gasteiger partial charge in [0.2, 0.25) is 11.5 Å². The van der Waals surface area contributed by atoms with Crippen LogP contribution < -0.4 is 20.1 Å². The normalized spacial score (nSPS) is 17.5. The molecule has 2 aromatic heterocycles. The van der Waals surface area contributed by atoms with E-state index in [4.69, 9.17) is 9.47 Å². The molecule has 0 spiro atoms. The zero-order valence-electron chi connectivity index (χ0n) is 26.1. The first-order valence-electron chi connectivity index (χ1n) is 14.4. The molecule has 0 unspecified atom stereocenters. The Bertz CT molecular complexity index is 1850. The second-order valence-electron chi connectivity index (χ2n) is 12.3. The summed E-state index contributed by atoms with van der Waals surface area (Å²) in [5.41, 5.74) is -7.26. The number of aryl methyl sites for hydroxylation is 1. The third-order valence-electron chi connectivity index (χ3n) is 7.94. The Morgan fingerprint density at radius 2 is 1.77 bits per heavy atom. The Morgan fingerprint density at radius 3 is 2.38 bits per heavy atom. The molecule has 250 valence electrons. The van der Waals surface area contributed by atoms with Gasteiger partial charge >= 0.3 is 6.18 Å². The van der Waals surface area contributed by atoms with Gasteiger partial charge in [0.05, 0.1) is 24.9 Å². The van der Waals surface area contributed by atoms with Gasteiger partial charge in [-0.2, -0.15) is 18.3 Å². The smallest absolute Gasteiger partial charge is 0.424 e. The van der Waals surface area contributed by atoms with Crippen LogP contribution in [0.2, 0.25) is 0 Å². The van der Waals surface area contributed by atoms with Gasteiger partial charge in [-0.3, -0.25) is 14.3 Å². The summed E-state index contributed by atoms with van der Waals surface area (Å²) in [6.07, 6.45) is -3.78. The van der Waals surface area contributed by atoms with Gasteiger partial charge in [0.25, 0.3) is 5.91 Å². The van der Waals surface area contributed by atoms with E-state index in [1.165, 1.54) is 56.8 Å². The summed E-state index contributed by atoms with van der Waals surface area (Å²) in [4.78, 5) is 30.8. The molecule has 1 aliphatic rings. The highest BCUT2D eigenvalue weighted by molar-refractivity contribution is 6.00. The van der Waals surface area contributed by atoms with Crippen LogP contribution in [0.15, 0.2) is 48.7 Å². The van der Waals surface area contributed by atoms with Crippen molar-refractivity contribution >= 4 is 22.7 Å². The standard InChI is InChI=1S/C32H33F4N5O6/c1-29(2,44)14-38-28(43)30(3)16-47-26-21(30)12-23(39-25(26)17-6-8-20(33)9-7-17)31(45,32(34,35)36)15-37-27(42)18-10-19-13-41(4)40-24(19)22(11-18)46-5/h6-13,44-45H,14-16H2,1-5H3,(H,37,42)(H,38,43)/t30-,31-/m0/s1. The van der Waals surface area contributed by atoms with Gasteiger partial charge in [-0.15, -0.1) is 0 Å². The van der Waals surface area contributed by atoms with Crippen molar-refractivity contribution in [3.05, 3.63) is 71.3 Å². The molecule has 0 radical (unpaired) electrons. The lowest BCUT2D eigenvalue weighted by atomic mass is 9.81. The van der Waals surface area contributed by atoms with E-state index >= 15 is 0 Å². The number of methoxy groups -OCH3 is 1. The molecule has 2 amide bonds. The molecule has 0 bridgehead atoms. The molecule has 4 N–H and O–H groups in total. The molecular formula is C32H33F4N5O6. The Labute approximate surface area is 266 Å². The summed E-state index contributed by atoms with van der Waals surface area (Å²) in [5.74, 6) is -2.05. The zero-order chi connectivity index (χ0) is 34.5. The van der Waals surface area contributed by atoms with E-state index in [-0.39, 0.29) is 47.0 Å². The fraction of sp³-hybridized carbons (Fsp3) is 0.375. The van der Waals surface area contributed by atoms with Crippen LogP contribution >= 0.6 is 0 Å². The summed E-state index contributed by atoms with van der Waals surface area (Å²) in [7, 11) is 3.01. The van der Waals surface area contributed by atoms with Crippen LogP contribution in [-0.4, -0.2) is 75.4 Å². The van der Waals surface area contributed by atoms with Crippen LogP contribution in [0.1, 0.15) is 42.4 Å². The van der Waals surface area contributed by atoms with Crippen LogP contribution in [0.5, 0.6) is 11.5 Å². The van der Waals surface area contributed by atoms with Gasteiger partial charge in [-0.1, -0.05) is 0 Å². The highest BCUT2D eigenvalue weighted by Crippen LogP contribution is 2.48. The molecule has 5 rings (SSSR count). The monoisotopic (exact) mass is 659 g/mol. The molecule has 0 fully saturated rings. The molecule has 4 aromatic rings. The maximum Gasteiger partial charge on any atom is 0.424 e. The number of carbonyl (C=O) groups excluding carboxylic acids is 2. The summed E-state index contributed by atoms with van der Waals surface area (Å²) in [6.45, 7) is 2.53. The Balaban J connectivity index is 1.58. The summed E-state index contributed by atoms with van der Waals surface area (Å²) >= 11 is 0. The van der Waals surface area contributed by atoms with Crippen LogP contribution in [0.3, 0.4) is 0 Å². The number of benzene rings is 2. The molecule has 2 atom stereocenters. The molecule has 3 heterocycles. The number of aromatic nitrogens is 3. The van der Waals surface area contributed by atoms with Crippen molar-refractivity contribution in [1.29, 1.82) is 0 Å². The molecule has 1 aliphatic heterocycles. The predicted octanol–water partition coefficient (Wildman–Crippen LogP) is 3.50. The van der Waals surface area contributed by atoms with Crippen molar-refractivity contribution in [2.75, 3.05) is 26.8 Å². The average Bonchev–Trinajstić information content (AvgIpc) is 3.56. The summed E-state index contributed by atoms with van der Waals surface area (Å²) in [6, 6.07) is 8.34.